The molecule has 8 nitrogen and oxygen atoms in total. The molecule has 0 saturated carbocycles. The summed E-state index contributed by atoms with van der Waals surface area (Å²) in [4.78, 5) is 12.3. The van der Waals surface area contributed by atoms with Crippen molar-refractivity contribution in [2.45, 2.75) is 13.2 Å². The minimum absolute atomic E-state index is 0.0416. The summed E-state index contributed by atoms with van der Waals surface area (Å²) in [5.41, 5.74) is -0.0416. The first kappa shape index (κ1) is 10.7. The molecule has 1 unspecified atom stereocenters. The van der Waals surface area contributed by atoms with Crippen molar-refractivity contribution in [1.82, 2.24) is 10.6 Å². The van der Waals surface area contributed by atoms with Gasteiger partial charge in [-0.1, -0.05) is 4.79 Å². The monoisotopic (exact) mass is 227 g/mol. The summed E-state index contributed by atoms with van der Waals surface area (Å²) in [5, 5.41) is 15.7. The van der Waals surface area contributed by atoms with Crippen molar-refractivity contribution in [2.75, 3.05) is 24.6 Å². The first-order valence-corrected chi connectivity index (χ1v) is 4.92. The third-order valence-electron chi connectivity index (χ3n) is 2.19. The van der Waals surface area contributed by atoms with Gasteiger partial charge in [0.1, 0.15) is 0 Å². The Labute approximate surface area is 91.2 Å². The molecule has 0 bridgehead atoms. The van der Waals surface area contributed by atoms with Crippen LogP contribution in [0.4, 0.5) is 0 Å². The van der Waals surface area contributed by atoms with Crippen LogP contribution in [0.3, 0.4) is 0 Å². The Hall–Kier alpha value is -1.83. The van der Waals surface area contributed by atoms with Crippen LogP contribution in [-0.2, 0) is 9.53 Å². The lowest BCUT2D eigenvalue weighted by Gasteiger charge is -2.35. The van der Waals surface area contributed by atoms with Crippen LogP contribution in [0, 0.1) is 5.41 Å². The normalized spacial score (nSPS) is 20.8. The topological polar surface area (TPSA) is 96.5 Å². The highest BCUT2D eigenvalue weighted by Gasteiger charge is 2.25. The molecule has 1 saturated heterocycles. The summed E-state index contributed by atoms with van der Waals surface area (Å²) in [6, 6.07) is 0. The molecular formula is C8H13N5O3. The van der Waals surface area contributed by atoms with E-state index in [1.165, 1.54) is 17.9 Å². The smallest absolute Gasteiger partial charge is 0.303 e. The minimum Gasteiger partial charge on any atom is -0.456 e. The van der Waals surface area contributed by atoms with Crippen LogP contribution >= 0.6 is 0 Å². The number of ether oxygens (including phenoxy) is 1. The summed E-state index contributed by atoms with van der Waals surface area (Å²) in [6.45, 7) is 3.25. The standard InChI is InChI=1S/C8H13N5O3/c1-6(14)15-8-4-10-2-3-12(8)13-5-7(9)16-11-13/h5,8-10H,2-4H2,1H3. The second-order valence-electron chi connectivity index (χ2n) is 3.42. The minimum atomic E-state index is -0.430. The summed E-state index contributed by atoms with van der Waals surface area (Å²) in [7, 11) is 0. The van der Waals surface area contributed by atoms with Gasteiger partial charge in [-0.3, -0.25) is 10.2 Å². The van der Waals surface area contributed by atoms with Crippen molar-refractivity contribution < 1.29 is 18.8 Å². The van der Waals surface area contributed by atoms with Crippen LogP contribution < -0.4 is 25.9 Å². The van der Waals surface area contributed by atoms with Crippen molar-refractivity contribution >= 4 is 5.97 Å². The molecule has 2 N–H and O–H groups in total. The number of esters is 1. The average molecular weight is 227 g/mol. The molecule has 16 heavy (non-hydrogen) atoms. The molecule has 1 aliphatic rings. The molecular weight excluding hydrogens is 214 g/mol. The maximum Gasteiger partial charge on any atom is 0.303 e. The van der Waals surface area contributed by atoms with Crippen molar-refractivity contribution in [1.29, 1.82) is 5.41 Å². The Morgan fingerprint density at radius 3 is 3.31 bits per heavy atom. The Morgan fingerprint density at radius 1 is 1.88 bits per heavy atom. The summed E-state index contributed by atoms with van der Waals surface area (Å²) >= 11 is 0. The highest BCUT2D eigenvalue weighted by atomic mass is 16.6. The van der Waals surface area contributed by atoms with E-state index in [1.54, 1.807) is 5.01 Å². The van der Waals surface area contributed by atoms with Crippen LogP contribution in [0.1, 0.15) is 6.92 Å². The van der Waals surface area contributed by atoms with Crippen molar-refractivity contribution in [3.05, 3.63) is 11.8 Å². The van der Waals surface area contributed by atoms with E-state index in [4.69, 9.17) is 10.1 Å². The molecule has 0 aromatic carbocycles. The number of carbonyl (C=O) groups excluding carboxylic acids is 1. The van der Waals surface area contributed by atoms with Gasteiger partial charge in [-0.05, 0) is 11.8 Å². The van der Waals surface area contributed by atoms with Gasteiger partial charge in [0.25, 0.3) is 11.8 Å². The number of aromatic nitrogens is 2. The molecule has 8 heteroatoms. The van der Waals surface area contributed by atoms with E-state index in [9.17, 15) is 4.79 Å². The quantitative estimate of drug-likeness (QED) is 0.426. The van der Waals surface area contributed by atoms with Crippen LogP contribution in [0.15, 0.2) is 10.7 Å². The van der Waals surface area contributed by atoms with Crippen molar-refractivity contribution in [3.8, 4) is 0 Å². The third kappa shape index (κ3) is 2.22. The van der Waals surface area contributed by atoms with Gasteiger partial charge in [0.2, 0.25) is 0 Å². The molecule has 1 aromatic heterocycles. The Morgan fingerprint density at radius 2 is 2.69 bits per heavy atom. The van der Waals surface area contributed by atoms with Gasteiger partial charge in [0.15, 0.2) is 6.23 Å². The predicted octanol–water partition coefficient (Wildman–Crippen LogP) is -2.57. The van der Waals surface area contributed by atoms with Gasteiger partial charge >= 0.3 is 5.97 Å². The number of carbonyl (C=O) groups is 1. The lowest BCUT2D eigenvalue weighted by molar-refractivity contribution is -0.771. The van der Waals surface area contributed by atoms with E-state index in [0.29, 0.717) is 13.1 Å². The number of rotatable bonds is 2. The summed E-state index contributed by atoms with van der Waals surface area (Å²) < 4.78 is 9.78. The van der Waals surface area contributed by atoms with Gasteiger partial charge in [-0.2, -0.15) is 0 Å². The summed E-state index contributed by atoms with van der Waals surface area (Å²) in [5.74, 6) is -0.353. The zero-order valence-corrected chi connectivity index (χ0v) is 8.84. The van der Waals surface area contributed by atoms with Crippen LogP contribution in [0.5, 0.6) is 0 Å². The number of piperazine rings is 1. The van der Waals surface area contributed by atoms with Gasteiger partial charge in [0.05, 0.1) is 0 Å². The molecule has 0 radical (unpaired) electrons. The number of nitrogens with zero attached hydrogens (tertiary/aromatic N) is 3. The number of hydrogen-bond acceptors (Lipinski definition) is 6. The first-order chi connectivity index (χ1) is 7.66. The molecule has 1 aromatic rings. The van der Waals surface area contributed by atoms with E-state index in [1.807, 2.05) is 0 Å². The number of nitrogens with one attached hydrogen (secondary N) is 2. The first-order valence-electron chi connectivity index (χ1n) is 4.92. The lowest BCUT2D eigenvalue weighted by atomic mass is 10.4. The third-order valence-corrected chi connectivity index (χ3v) is 2.19. The molecule has 2 heterocycles. The van der Waals surface area contributed by atoms with Crippen LogP contribution in [0.25, 0.3) is 0 Å². The summed E-state index contributed by atoms with van der Waals surface area (Å²) in [6.07, 6.45) is 0.989. The average Bonchev–Trinajstić information content (AvgIpc) is 2.65. The second kappa shape index (κ2) is 4.35. The SMILES string of the molecule is CC(=O)OC1CNCCN1[n+]1cc(=N)o[n-]1. The van der Waals surface area contributed by atoms with E-state index in [2.05, 4.69) is 15.1 Å². The van der Waals surface area contributed by atoms with Gasteiger partial charge in [0, 0.05) is 20.0 Å². The highest BCUT2D eigenvalue weighted by Crippen LogP contribution is 1.98. The highest BCUT2D eigenvalue weighted by molar-refractivity contribution is 5.66. The van der Waals surface area contributed by atoms with Gasteiger partial charge in [-0.25, -0.2) is 5.01 Å². The molecule has 2 rings (SSSR count). The fraction of sp³-hybridized carbons (Fsp3) is 0.625. The van der Waals surface area contributed by atoms with Gasteiger partial charge < -0.3 is 14.6 Å². The van der Waals surface area contributed by atoms with Gasteiger partial charge in [-0.15, -0.1) is 0 Å². The van der Waals surface area contributed by atoms with E-state index in [0.717, 1.165) is 6.54 Å². The Kier molecular flexibility index (Phi) is 2.91. The van der Waals surface area contributed by atoms with Crippen LogP contribution in [0.2, 0.25) is 0 Å². The zero-order chi connectivity index (χ0) is 11.5. The maximum absolute atomic E-state index is 10.9. The molecule has 1 aliphatic heterocycles. The van der Waals surface area contributed by atoms with Crippen molar-refractivity contribution in [2.24, 2.45) is 0 Å². The van der Waals surface area contributed by atoms with Crippen LogP contribution in [-0.4, -0.2) is 31.8 Å². The molecule has 88 valence electrons. The fourth-order valence-electron chi connectivity index (χ4n) is 1.56. The van der Waals surface area contributed by atoms with E-state index < -0.39 is 6.23 Å². The predicted molar refractivity (Wildman–Crippen MR) is 49.6 cm³/mol. The largest absolute Gasteiger partial charge is 0.456 e. The second-order valence-corrected chi connectivity index (χ2v) is 3.42. The lowest BCUT2D eigenvalue weighted by Crippen LogP contribution is -2.71. The van der Waals surface area contributed by atoms with Crippen molar-refractivity contribution in [3.63, 3.8) is 0 Å². The zero-order valence-electron chi connectivity index (χ0n) is 8.84. The molecule has 0 amide bonds. The van der Waals surface area contributed by atoms with E-state index >= 15 is 0 Å². The molecule has 1 fully saturated rings. The molecule has 1 atom stereocenters. The Bertz CT molecular complexity index is 425. The van der Waals surface area contributed by atoms with E-state index in [-0.39, 0.29) is 11.5 Å². The fourth-order valence-corrected chi connectivity index (χ4v) is 1.56. The Balaban J connectivity index is 2.15. The number of hydrogen-bond donors (Lipinski definition) is 2. The molecule has 0 aliphatic carbocycles. The molecule has 0 spiro atoms. The maximum atomic E-state index is 10.9.